The van der Waals surface area contributed by atoms with Crippen LogP contribution in [0.5, 0.6) is 0 Å². The zero-order valence-corrected chi connectivity index (χ0v) is 10.4. The Morgan fingerprint density at radius 1 is 0.944 bits per heavy atom. The second-order valence-corrected chi connectivity index (χ2v) is 4.48. The van der Waals surface area contributed by atoms with Crippen molar-refractivity contribution in [3.8, 4) is 0 Å². The molecule has 0 aromatic heterocycles. The van der Waals surface area contributed by atoms with Crippen LogP contribution in [0.15, 0.2) is 54.6 Å². The second kappa shape index (κ2) is 4.80. The van der Waals surface area contributed by atoms with Gasteiger partial charge in [0.2, 0.25) is 5.91 Å². The van der Waals surface area contributed by atoms with Crippen LogP contribution < -0.4 is 11.5 Å². The maximum Gasteiger partial charge on any atom is 0.246 e. The SMILES string of the molecule is NC(=O)C(N)(c1ccccc1)c1ccc(Cl)cc1. The van der Waals surface area contributed by atoms with Crippen LogP contribution in [0.3, 0.4) is 0 Å². The van der Waals surface area contributed by atoms with Gasteiger partial charge in [0.15, 0.2) is 0 Å². The van der Waals surface area contributed by atoms with Crippen LogP contribution in [0.2, 0.25) is 5.02 Å². The molecule has 0 saturated heterocycles. The van der Waals surface area contributed by atoms with Crippen molar-refractivity contribution in [2.45, 2.75) is 5.54 Å². The first kappa shape index (κ1) is 12.6. The Labute approximate surface area is 110 Å². The summed E-state index contributed by atoms with van der Waals surface area (Å²) in [6.07, 6.45) is 0. The average Bonchev–Trinajstić information content (AvgIpc) is 2.39. The molecule has 0 aliphatic carbocycles. The number of amides is 1. The molecule has 2 aromatic carbocycles. The maximum atomic E-state index is 11.8. The number of rotatable bonds is 3. The summed E-state index contributed by atoms with van der Waals surface area (Å²) in [6, 6.07) is 15.8. The lowest BCUT2D eigenvalue weighted by atomic mass is 9.83. The van der Waals surface area contributed by atoms with Crippen LogP contribution in [-0.2, 0) is 10.3 Å². The summed E-state index contributed by atoms with van der Waals surface area (Å²) in [7, 11) is 0. The minimum absolute atomic E-state index is 0.582. The molecular formula is C14H13ClN2O. The Hall–Kier alpha value is -1.84. The third kappa shape index (κ3) is 2.10. The third-order valence-electron chi connectivity index (χ3n) is 2.92. The Bertz CT molecular complexity index is 554. The minimum atomic E-state index is -1.34. The highest BCUT2D eigenvalue weighted by atomic mass is 35.5. The smallest absolute Gasteiger partial charge is 0.246 e. The zero-order valence-electron chi connectivity index (χ0n) is 9.64. The van der Waals surface area contributed by atoms with Gasteiger partial charge in [-0.25, -0.2) is 0 Å². The summed E-state index contributed by atoms with van der Waals surface area (Å²) >= 11 is 5.83. The van der Waals surface area contributed by atoms with Crippen molar-refractivity contribution in [1.29, 1.82) is 0 Å². The largest absolute Gasteiger partial charge is 0.367 e. The van der Waals surface area contributed by atoms with Crippen molar-refractivity contribution in [2.24, 2.45) is 11.5 Å². The van der Waals surface area contributed by atoms with Gasteiger partial charge in [0.1, 0.15) is 5.54 Å². The summed E-state index contributed by atoms with van der Waals surface area (Å²) < 4.78 is 0. The van der Waals surface area contributed by atoms with Gasteiger partial charge in [-0.3, -0.25) is 4.79 Å². The normalized spacial score (nSPS) is 13.9. The number of carbonyl (C=O) groups is 1. The summed E-state index contributed by atoms with van der Waals surface area (Å²) in [4.78, 5) is 11.8. The van der Waals surface area contributed by atoms with Gasteiger partial charge in [-0.05, 0) is 23.3 Å². The van der Waals surface area contributed by atoms with Crippen molar-refractivity contribution in [2.75, 3.05) is 0 Å². The fourth-order valence-corrected chi connectivity index (χ4v) is 1.99. The molecule has 0 spiro atoms. The Morgan fingerprint density at radius 3 is 1.94 bits per heavy atom. The molecule has 0 radical (unpaired) electrons. The van der Waals surface area contributed by atoms with Crippen LogP contribution in [0.4, 0.5) is 0 Å². The van der Waals surface area contributed by atoms with Crippen LogP contribution in [0.1, 0.15) is 11.1 Å². The molecule has 0 heterocycles. The standard InChI is InChI=1S/C14H13ClN2O/c15-12-8-6-11(7-9-12)14(17,13(16)18)10-4-2-1-3-5-10/h1-9H,17H2,(H2,16,18). The quantitative estimate of drug-likeness (QED) is 0.887. The molecule has 2 rings (SSSR count). The molecule has 1 amide bonds. The highest BCUT2D eigenvalue weighted by molar-refractivity contribution is 6.30. The topological polar surface area (TPSA) is 69.1 Å². The zero-order chi connectivity index (χ0) is 13.2. The van der Waals surface area contributed by atoms with E-state index >= 15 is 0 Å². The van der Waals surface area contributed by atoms with Crippen LogP contribution >= 0.6 is 11.6 Å². The van der Waals surface area contributed by atoms with Gasteiger partial charge in [0.05, 0.1) is 0 Å². The van der Waals surface area contributed by atoms with E-state index in [0.29, 0.717) is 16.1 Å². The predicted octanol–water partition coefficient (Wildman–Crippen LogP) is 2.03. The van der Waals surface area contributed by atoms with Gasteiger partial charge < -0.3 is 11.5 Å². The van der Waals surface area contributed by atoms with E-state index in [-0.39, 0.29) is 0 Å². The summed E-state index contributed by atoms with van der Waals surface area (Å²) in [5.41, 5.74) is 11.6. The van der Waals surface area contributed by atoms with Gasteiger partial charge in [0, 0.05) is 5.02 Å². The molecular weight excluding hydrogens is 248 g/mol. The van der Waals surface area contributed by atoms with Gasteiger partial charge in [0.25, 0.3) is 0 Å². The van der Waals surface area contributed by atoms with Gasteiger partial charge >= 0.3 is 0 Å². The lowest BCUT2D eigenvalue weighted by Gasteiger charge is -2.27. The molecule has 4 N–H and O–H groups in total. The number of primary amides is 1. The minimum Gasteiger partial charge on any atom is -0.367 e. The van der Waals surface area contributed by atoms with E-state index < -0.39 is 11.4 Å². The number of hydrogen-bond donors (Lipinski definition) is 2. The number of halogens is 1. The van der Waals surface area contributed by atoms with Gasteiger partial charge in [-0.1, -0.05) is 54.1 Å². The first-order valence-corrected chi connectivity index (χ1v) is 5.83. The van der Waals surface area contributed by atoms with Crippen molar-refractivity contribution in [3.05, 3.63) is 70.7 Å². The Balaban J connectivity index is 2.58. The van der Waals surface area contributed by atoms with E-state index in [1.807, 2.05) is 18.2 Å². The molecule has 1 atom stereocenters. The van der Waals surface area contributed by atoms with Crippen LogP contribution in [-0.4, -0.2) is 5.91 Å². The van der Waals surface area contributed by atoms with E-state index in [0.717, 1.165) is 0 Å². The van der Waals surface area contributed by atoms with Crippen LogP contribution in [0.25, 0.3) is 0 Å². The molecule has 3 nitrogen and oxygen atoms in total. The number of carbonyl (C=O) groups excluding carboxylic acids is 1. The number of benzene rings is 2. The van der Waals surface area contributed by atoms with Gasteiger partial charge in [-0.15, -0.1) is 0 Å². The average molecular weight is 261 g/mol. The first-order chi connectivity index (χ1) is 8.55. The molecule has 1 unspecified atom stereocenters. The monoisotopic (exact) mass is 260 g/mol. The Morgan fingerprint density at radius 2 is 1.44 bits per heavy atom. The van der Waals surface area contributed by atoms with Crippen molar-refractivity contribution >= 4 is 17.5 Å². The van der Waals surface area contributed by atoms with E-state index in [1.54, 1.807) is 36.4 Å². The van der Waals surface area contributed by atoms with Crippen molar-refractivity contribution < 1.29 is 4.79 Å². The van der Waals surface area contributed by atoms with E-state index in [9.17, 15) is 4.79 Å². The Kier molecular flexibility index (Phi) is 3.36. The molecule has 92 valence electrons. The van der Waals surface area contributed by atoms with Crippen molar-refractivity contribution in [1.82, 2.24) is 0 Å². The molecule has 0 fully saturated rings. The molecule has 18 heavy (non-hydrogen) atoms. The number of nitrogens with two attached hydrogens (primary N) is 2. The summed E-state index contributed by atoms with van der Waals surface area (Å²) in [5, 5.41) is 0.582. The maximum absolute atomic E-state index is 11.8. The highest BCUT2D eigenvalue weighted by Gasteiger charge is 2.35. The lowest BCUT2D eigenvalue weighted by molar-refractivity contribution is -0.122. The van der Waals surface area contributed by atoms with E-state index in [1.165, 1.54) is 0 Å². The summed E-state index contributed by atoms with van der Waals surface area (Å²) in [6.45, 7) is 0. The third-order valence-corrected chi connectivity index (χ3v) is 3.17. The molecule has 0 saturated carbocycles. The predicted molar refractivity (Wildman–Crippen MR) is 72.1 cm³/mol. The fraction of sp³-hybridized carbons (Fsp3) is 0.0714. The molecule has 2 aromatic rings. The van der Waals surface area contributed by atoms with E-state index in [4.69, 9.17) is 23.1 Å². The fourth-order valence-electron chi connectivity index (χ4n) is 1.87. The lowest BCUT2D eigenvalue weighted by Crippen LogP contribution is -2.50. The van der Waals surface area contributed by atoms with E-state index in [2.05, 4.69) is 0 Å². The molecule has 4 heteroatoms. The summed E-state index contributed by atoms with van der Waals surface area (Å²) in [5.74, 6) is -0.601. The second-order valence-electron chi connectivity index (χ2n) is 4.05. The molecule has 0 aliphatic rings. The number of hydrogen-bond acceptors (Lipinski definition) is 2. The van der Waals surface area contributed by atoms with Crippen molar-refractivity contribution in [3.63, 3.8) is 0 Å². The van der Waals surface area contributed by atoms with Crippen LogP contribution in [0, 0.1) is 0 Å². The highest BCUT2D eigenvalue weighted by Crippen LogP contribution is 2.27. The van der Waals surface area contributed by atoms with Gasteiger partial charge in [-0.2, -0.15) is 0 Å². The first-order valence-electron chi connectivity index (χ1n) is 5.45. The molecule has 0 bridgehead atoms. The molecule has 0 aliphatic heterocycles.